The molecule has 0 aliphatic carbocycles. The van der Waals surface area contributed by atoms with Crippen LogP contribution in [0.2, 0.25) is 10.0 Å². The number of aryl methyl sites for hydroxylation is 1. The lowest BCUT2D eigenvalue weighted by Gasteiger charge is -2.22. The van der Waals surface area contributed by atoms with E-state index in [-0.39, 0.29) is 11.4 Å². The van der Waals surface area contributed by atoms with E-state index in [1.54, 1.807) is 30.3 Å². The minimum absolute atomic E-state index is 0.00157. The summed E-state index contributed by atoms with van der Waals surface area (Å²) < 4.78 is 34.1. The number of nitrogens with zero attached hydrogens (tertiary/aromatic N) is 1. The topological polar surface area (TPSA) is 75.7 Å². The highest BCUT2D eigenvalue weighted by Gasteiger charge is 2.27. The molecule has 0 aliphatic rings. The summed E-state index contributed by atoms with van der Waals surface area (Å²) >= 11 is 12.1. The van der Waals surface area contributed by atoms with Gasteiger partial charge in [-0.2, -0.15) is 4.31 Å². The smallest absolute Gasteiger partial charge is 0.243 e. The van der Waals surface area contributed by atoms with Crippen LogP contribution in [0.3, 0.4) is 0 Å². The molecule has 0 heterocycles. The van der Waals surface area contributed by atoms with Crippen molar-refractivity contribution >= 4 is 44.8 Å². The largest absolute Gasteiger partial charge is 0.455 e. The molecule has 0 atom stereocenters. The number of nitrogens with one attached hydrogen (secondary N) is 1. The zero-order valence-electron chi connectivity index (χ0n) is 19.9. The first-order chi connectivity index (χ1) is 17.7. The number of para-hydroxylation sites is 1. The molecule has 4 aromatic rings. The molecule has 4 rings (SSSR count). The second kappa shape index (κ2) is 11.8. The molecule has 1 N–H and O–H groups in total. The normalized spacial score (nSPS) is 11.4. The monoisotopic (exact) mass is 554 g/mol. The van der Waals surface area contributed by atoms with Gasteiger partial charge in [-0.25, -0.2) is 8.42 Å². The lowest BCUT2D eigenvalue weighted by atomic mass is 10.1. The number of sulfonamides is 1. The van der Waals surface area contributed by atoms with Gasteiger partial charge in [-0.05, 0) is 67.1 Å². The second-order valence-electron chi connectivity index (χ2n) is 8.32. The van der Waals surface area contributed by atoms with Gasteiger partial charge in [-0.15, -0.1) is 0 Å². The summed E-state index contributed by atoms with van der Waals surface area (Å²) in [7, 11) is -4.02. The van der Waals surface area contributed by atoms with E-state index in [9.17, 15) is 13.2 Å². The first-order valence-electron chi connectivity index (χ1n) is 11.3. The van der Waals surface area contributed by atoms with Crippen LogP contribution in [0, 0.1) is 6.92 Å². The van der Waals surface area contributed by atoms with E-state index in [4.69, 9.17) is 27.9 Å². The maximum absolute atomic E-state index is 13.5. The summed E-state index contributed by atoms with van der Waals surface area (Å²) in [6.45, 7) is 1.51. The average molecular weight is 555 g/mol. The number of benzene rings is 4. The van der Waals surface area contributed by atoms with Crippen molar-refractivity contribution < 1.29 is 17.9 Å². The van der Waals surface area contributed by atoms with Crippen molar-refractivity contribution in [1.82, 2.24) is 4.31 Å². The van der Waals surface area contributed by atoms with Crippen molar-refractivity contribution in [3.05, 3.63) is 118 Å². The van der Waals surface area contributed by atoms with E-state index in [1.165, 1.54) is 24.3 Å². The van der Waals surface area contributed by atoms with Crippen LogP contribution < -0.4 is 10.1 Å². The fourth-order valence-corrected chi connectivity index (χ4v) is 5.22. The van der Waals surface area contributed by atoms with Gasteiger partial charge in [0.15, 0.2) is 5.75 Å². The van der Waals surface area contributed by atoms with Gasteiger partial charge in [0, 0.05) is 16.6 Å². The van der Waals surface area contributed by atoms with Crippen LogP contribution >= 0.6 is 23.2 Å². The molecule has 0 saturated carbocycles. The van der Waals surface area contributed by atoms with Crippen molar-refractivity contribution in [2.75, 3.05) is 11.9 Å². The van der Waals surface area contributed by atoms with Crippen LogP contribution in [0.15, 0.2) is 102 Å². The Morgan fingerprint density at radius 1 is 0.865 bits per heavy atom. The Bertz CT molecular complexity index is 1480. The predicted octanol–water partition coefficient (Wildman–Crippen LogP) is 6.92. The SMILES string of the molecule is Cc1ccc(CN(CC(=O)Nc2cc(Cl)ccc2Oc2ccccc2)S(=O)(=O)c2ccc(Cl)cc2)cc1. The molecule has 9 heteroatoms. The van der Waals surface area contributed by atoms with Gasteiger partial charge in [0.1, 0.15) is 5.75 Å². The Hall–Kier alpha value is -3.36. The quantitative estimate of drug-likeness (QED) is 0.243. The van der Waals surface area contributed by atoms with Crippen LogP contribution in [0.4, 0.5) is 5.69 Å². The minimum Gasteiger partial charge on any atom is -0.455 e. The molecule has 0 fully saturated rings. The highest BCUT2D eigenvalue weighted by atomic mass is 35.5. The van der Waals surface area contributed by atoms with Crippen molar-refractivity contribution in [2.45, 2.75) is 18.4 Å². The van der Waals surface area contributed by atoms with Gasteiger partial charge >= 0.3 is 0 Å². The second-order valence-corrected chi connectivity index (χ2v) is 11.1. The van der Waals surface area contributed by atoms with E-state index < -0.39 is 22.5 Å². The number of carbonyl (C=O) groups is 1. The van der Waals surface area contributed by atoms with Crippen molar-refractivity contribution in [3.8, 4) is 11.5 Å². The van der Waals surface area contributed by atoms with Gasteiger partial charge in [-0.3, -0.25) is 4.79 Å². The maximum atomic E-state index is 13.5. The van der Waals surface area contributed by atoms with E-state index in [0.717, 1.165) is 15.4 Å². The van der Waals surface area contributed by atoms with Crippen LogP contribution in [-0.4, -0.2) is 25.2 Å². The molecule has 0 unspecified atom stereocenters. The van der Waals surface area contributed by atoms with Crippen molar-refractivity contribution in [1.29, 1.82) is 0 Å². The number of halogens is 2. The Kier molecular flexibility index (Phi) is 8.51. The Balaban J connectivity index is 1.60. The van der Waals surface area contributed by atoms with Crippen molar-refractivity contribution in [2.24, 2.45) is 0 Å². The maximum Gasteiger partial charge on any atom is 0.243 e. The number of hydrogen-bond acceptors (Lipinski definition) is 4. The summed E-state index contributed by atoms with van der Waals surface area (Å²) in [4.78, 5) is 13.2. The summed E-state index contributed by atoms with van der Waals surface area (Å²) in [5.74, 6) is 0.394. The molecular weight excluding hydrogens is 531 g/mol. The van der Waals surface area contributed by atoms with Crippen LogP contribution in [0.1, 0.15) is 11.1 Å². The molecule has 37 heavy (non-hydrogen) atoms. The number of amides is 1. The molecule has 0 spiro atoms. The van der Waals surface area contributed by atoms with Crippen LogP contribution in [-0.2, 0) is 21.4 Å². The molecule has 0 bridgehead atoms. The fourth-order valence-electron chi connectivity index (χ4n) is 3.53. The van der Waals surface area contributed by atoms with E-state index in [2.05, 4.69) is 5.32 Å². The fraction of sp³-hybridized carbons (Fsp3) is 0.107. The van der Waals surface area contributed by atoms with Gasteiger partial charge < -0.3 is 10.1 Å². The molecular formula is C28H24Cl2N2O4S. The average Bonchev–Trinajstić information content (AvgIpc) is 2.87. The Labute approximate surface area is 226 Å². The summed E-state index contributed by atoms with van der Waals surface area (Å²) in [5.41, 5.74) is 2.10. The number of hydrogen-bond donors (Lipinski definition) is 1. The highest BCUT2D eigenvalue weighted by molar-refractivity contribution is 7.89. The summed E-state index contributed by atoms with van der Waals surface area (Å²) in [6, 6.07) is 27.2. The molecule has 6 nitrogen and oxygen atoms in total. The zero-order chi connectivity index (χ0) is 26.4. The van der Waals surface area contributed by atoms with E-state index >= 15 is 0 Å². The molecule has 4 aromatic carbocycles. The number of ether oxygens (including phenoxy) is 1. The Morgan fingerprint density at radius 3 is 2.19 bits per heavy atom. The minimum atomic E-state index is -4.02. The molecule has 0 radical (unpaired) electrons. The molecule has 1 amide bonds. The van der Waals surface area contributed by atoms with Crippen LogP contribution in [0.5, 0.6) is 11.5 Å². The molecule has 0 saturated heterocycles. The third-order valence-corrected chi connectivity index (χ3v) is 7.73. The lowest BCUT2D eigenvalue weighted by molar-refractivity contribution is -0.116. The van der Waals surface area contributed by atoms with Gasteiger partial charge in [0.2, 0.25) is 15.9 Å². The first kappa shape index (κ1) is 26.7. The van der Waals surface area contributed by atoms with Crippen LogP contribution in [0.25, 0.3) is 0 Å². The van der Waals surface area contributed by atoms with Gasteiger partial charge in [-0.1, -0.05) is 71.2 Å². The lowest BCUT2D eigenvalue weighted by Crippen LogP contribution is -2.37. The summed E-state index contributed by atoms with van der Waals surface area (Å²) in [6.07, 6.45) is 0. The third kappa shape index (κ3) is 7.11. The van der Waals surface area contributed by atoms with Gasteiger partial charge in [0.05, 0.1) is 17.1 Å². The van der Waals surface area contributed by atoms with E-state index in [1.807, 2.05) is 49.4 Å². The summed E-state index contributed by atoms with van der Waals surface area (Å²) in [5, 5.41) is 3.55. The highest BCUT2D eigenvalue weighted by Crippen LogP contribution is 2.32. The standard InChI is InChI=1S/C28H24Cl2N2O4S/c1-20-7-9-21(10-8-20)18-32(37(34,35)25-14-11-22(29)12-15-25)19-28(33)31-26-17-23(30)13-16-27(26)36-24-5-3-2-4-6-24/h2-17H,18-19H2,1H3,(H,31,33). The first-order valence-corrected chi connectivity index (χ1v) is 13.5. The molecule has 0 aliphatic heterocycles. The number of anilines is 1. The van der Waals surface area contributed by atoms with E-state index in [0.29, 0.717) is 27.2 Å². The predicted molar refractivity (Wildman–Crippen MR) is 147 cm³/mol. The zero-order valence-corrected chi connectivity index (χ0v) is 22.2. The Morgan fingerprint density at radius 2 is 1.51 bits per heavy atom. The van der Waals surface area contributed by atoms with Gasteiger partial charge in [0.25, 0.3) is 0 Å². The molecule has 190 valence electrons. The van der Waals surface area contributed by atoms with Crippen molar-refractivity contribution in [3.63, 3.8) is 0 Å². The molecule has 0 aromatic heterocycles. The third-order valence-electron chi connectivity index (χ3n) is 5.44. The number of rotatable bonds is 9. The number of carbonyl (C=O) groups excluding carboxylic acids is 1.